The van der Waals surface area contributed by atoms with Crippen LogP contribution in [-0.2, 0) is 9.59 Å². The van der Waals surface area contributed by atoms with E-state index in [4.69, 9.17) is 0 Å². The fourth-order valence-electron chi connectivity index (χ4n) is 3.83. The lowest BCUT2D eigenvalue weighted by atomic mass is 10.1. The number of nitrogens with one attached hydrogen (secondary N) is 1. The van der Waals surface area contributed by atoms with Crippen LogP contribution in [0.2, 0.25) is 0 Å². The lowest BCUT2D eigenvalue weighted by Crippen LogP contribution is -2.29. The summed E-state index contributed by atoms with van der Waals surface area (Å²) in [6.45, 7) is 2.16. The Balaban J connectivity index is 1.49. The lowest BCUT2D eigenvalue weighted by Gasteiger charge is -2.22. The summed E-state index contributed by atoms with van der Waals surface area (Å²) in [5, 5.41) is 2.98. The molecule has 2 aromatic carbocycles. The fraction of sp³-hybridized carbons (Fsp3) is 0.333. The van der Waals surface area contributed by atoms with Gasteiger partial charge in [-0.05, 0) is 37.1 Å². The maximum atomic E-state index is 14.0. The van der Waals surface area contributed by atoms with Crippen molar-refractivity contribution in [1.82, 2.24) is 0 Å². The minimum atomic E-state index is -0.497. The molecule has 0 aromatic heterocycles. The zero-order valence-corrected chi connectivity index (χ0v) is 15.0. The van der Waals surface area contributed by atoms with Crippen molar-refractivity contribution in [2.24, 2.45) is 5.92 Å². The normalized spacial score (nSPS) is 19.6. The van der Waals surface area contributed by atoms with Gasteiger partial charge in [-0.15, -0.1) is 0 Å². The smallest absolute Gasteiger partial charge is 0.229 e. The monoisotopic (exact) mass is 367 g/mol. The first kappa shape index (κ1) is 17.5. The molecule has 0 saturated carbocycles. The third-order valence-electron chi connectivity index (χ3n) is 5.25. The second-order valence-electron chi connectivity index (χ2n) is 7.06. The van der Waals surface area contributed by atoms with Crippen LogP contribution in [0.3, 0.4) is 0 Å². The van der Waals surface area contributed by atoms with Gasteiger partial charge in [0, 0.05) is 26.1 Å². The van der Waals surface area contributed by atoms with Crippen molar-refractivity contribution in [3.63, 3.8) is 0 Å². The number of rotatable bonds is 4. The highest BCUT2D eigenvalue weighted by molar-refractivity contribution is 6.04. The first-order valence-corrected chi connectivity index (χ1v) is 9.33. The van der Waals surface area contributed by atoms with Crippen LogP contribution in [0.25, 0.3) is 0 Å². The van der Waals surface area contributed by atoms with Crippen LogP contribution >= 0.6 is 0 Å². The van der Waals surface area contributed by atoms with E-state index in [1.54, 1.807) is 18.2 Å². The van der Waals surface area contributed by atoms with Crippen LogP contribution in [0.15, 0.2) is 48.5 Å². The summed E-state index contributed by atoms with van der Waals surface area (Å²) in [5.74, 6) is -1.38. The third kappa shape index (κ3) is 3.52. The van der Waals surface area contributed by atoms with E-state index >= 15 is 0 Å². The average Bonchev–Trinajstić information content (AvgIpc) is 3.33. The van der Waals surface area contributed by atoms with Gasteiger partial charge in [0.1, 0.15) is 5.82 Å². The zero-order chi connectivity index (χ0) is 18.8. The van der Waals surface area contributed by atoms with Gasteiger partial charge in [0.15, 0.2) is 0 Å². The molecule has 2 aromatic rings. The second-order valence-corrected chi connectivity index (χ2v) is 7.06. The van der Waals surface area contributed by atoms with Gasteiger partial charge in [0.25, 0.3) is 0 Å². The number of carbonyl (C=O) groups excluding carboxylic acids is 2. The number of carbonyl (C=O) groups is 2. The zero-order valence-electron chi connectivity index (χ0n) is 15.0. The molecule has 1 N–H and O–H groups in total. The molecule has 27 heavy (non-hydrogen) atoms. The first-order valence-electron chi connectivity index (χ1n) is 9.33. The minimum absolute atomic E-state index is 0.0893. The summed E-state index contributed by atoms with van der Waals surface area (Å²) in [7, 11) is 0. The Hall–Kier alpha value is -2.89. The fourth-order valence-corrected chi connectivity index (χ4v) is 3.83. The van der Waals surface area contributed by atoms with Gasteiger partial charge in [-0.25, -0.2) is 4.39 Å². The molecule has 2 saturated heterocycles. The van der Waals surface area contributed by atoms with Gasteiger partial charge >= 0.3 is 0 Å². The van der Waals surface area contributed by atoms with Crippen molar-refractivity contribution in [2.45, 2.75) is 19.3 Å². The molecular formula is C21H22FN3O2. The van der Waals surface area contributed by atoms with E-state index in [0.29, 0.717) is 0 Å². The van der Waals surface area contributed by atoms with E-state index in [9.17, 15) is 14.0 Å². The Morgan fingerprint density at radius 3 is 2.41 bits per heavy atom. The summed E-state index contributed by atoms with van der Waals surface area (Å²) in [6, 6.07) is 13.9. The van der Waals surface area contributed by atoms with Crippen LogP contribution in [0, 0.1) is 11.7 Å². The topological polar surface area (TPSA) is 52.7 Å². The van der Waals surface area contributed by atoms with Crippen molar-refractivity contribution in [1.29, 1.82) is 0 Å². The number of amides is 2. The number of hydrogen-bond donors (Lipinski definition) is 1. The van der Waals surface area contributed by atoms with E-state index in [2.05, 4.69) is 10.2 Å². The van der Waals surface area contributed by atoms with E-state index in [1.165, 1.54) is 11.0 Å². The molecule has 5 nitrogen and oxygen atoms in total. The lowest BCUT2D eigenvalue weighted by molar-refractivity contribution is -0.122. The molecule has 2 amide bonds. The van der Waals surface area contributed by atoms with Crippen molar-refractivity contribution in [3.05, 3.63) is 54.3 Å². The number of halogens is 1. The largest absolute Gasteiger partial charge is 0.370 e. The molecule has 0 bridgehead atoms. The molecule has 1 atom stereocenters. The molecule has 140 valence electrons. The summed E-state index contributed by atoms with van der Waals surface area (Å²) < 4.78 is 14.0. The van der Waals surface area contributed by atoms with Gasteiger partial charge in [-0.3, -0.25) is 9.59 Å². The van der Waals surface area contributed by atoms with Gasteiger partial charge in [-0.2, -0.15) is 0 Å². The van der Waals surface area contributed by atoms with Gasteiger partial charge in [0.05, 0.1) is 23.0 Å². The molecule has 2 aliphatic heterocycles. The second kappa shape index (κ2) is 7.39. The van der Waals surface area contributed by atoms with Gasteiger partial charge in [0.2, 0.25) is 11.8 Å². The summed E-state index contributed by atoms with van der Waals surface area (Å²) >= 11 is 0. The third-order valence-corrected chi connectivity index (χ3v) is 5.25. The molecule has 2 fully saturated rings. The Morgan fingerprint density at radius 2 is 1.67 bits per heavy atom. The highest BCUT2D eigenvalue weighted by atomic mass is 19.1. The van der Waals surface area contributed by atoms with Crippen LogP contribution in [0.5, 0.6) is 0 Å². The number of hydrogen-bond acceptors (Lipinski definition) is 3. The molecule has 0 spiro atoms. The molecule has 2 heterocycles. The summed E-state index contributed by atoms with van der Waals surface area (Å²) in [5.41, 5.74) is 2.01. The Kier molecular flexibility index (Phi) is 4.79. The van der Waals surface area contributed by atoms with Gasteiger partial charge in [-0.1, -0.05) is 24.3 Å². The summed E-state index contributed by atoms with van der Waals surface area (Å²) in [6.07, 6.45) is 2.39. The molecule has 6 heteroatoms. The van der Waals surface area contributed by atoms with E-state index in [-0.39, 0.29) is 30.5 Å². The molecule has 4 rings (SSSR count). The highest BCUT2D eigenvalue weighted by Gasteiger charge is 2.36. The maximum absolute atomic E-state index is 14.0. The van der Waals surface area contributed by atoms with Crippen LogP contribution in [0.4, 0.5) is 21.5 Å². The number of anilines is 3. The molecular weight excluding hydrogens is 345 g/mol. The van der Waals surface area contributed by atoms with Crippen LogP contribution in [0.1, 0.15) is 19.3 Å². The Labute approximate surface area is 157 Å². The predicted octanol–water partition coefficient (Wildman–Crippen LogP) is 3.42. The van der Waals surface area contributed by atoms with Crippen LogP contribution in [-0.4, -0.2) is 31.4 Å². The highest BCUT2D eigenvalue weighted by Crippen LogP contribution is 2.31. The molecule has 0 unspecified atom stereocenters. The first-order chi connectivity index (χ1) is 13.1. The average molecular weight is 367 g/mol. The van der Waals surface area contributed by atoms with E-state index in [0.717, 1.165) is 37.3 Å². The molecule has 0 radical (unpaired) electrons. The van der Waals surface area contributed by atoms with Crippen LogP contribution < -0.4 is 15.1 Å². The van der Waals surface area contributed by atoms with E-state index in [1.807, 2.05) is 24.3 Å². The number of para-hydroxylation sites is 3. The maximum Gasteiger partial charge on any atom is 0.229 e. The van der Waals surface area contributed by atoms with Crippen molar-refractivity contribution < 1.29 is 14.0 Å². The quantitative estimate of drug-likeness (QED) is 0.901. The van der Waals surface area contributed by atoms with Crippen molar-refractivity contribution in [2.75, 3.05) is 34.8 Å². The van der Waals surface area contributed by atoms with E-state index < -0.39 is 11.7 Å². The SMILES string of the molecule is O=C(Nc1ccccc1N1CCCC1)[C@@H]1CC(=O)N(c2ccccc2F)C1. The van der Waals surface area contributed by atoms with Gasteiger partial charge < -0.3 is 15.1 Å². The summed E-state index contributed by atoms with van der Waals surface area (Å²) in [4.78, 5) is 28.8. The number of benzene rings is 2. The Morgan fingerprint density at radius 1 is 1.00 bits per heavy atom. The Bertz CT molecular complexity index is 864. The van der Waals surface area contributed by atoms with Crippen molar-refractivity contribution >= 4 is 28.9 Å². The molecule has 2 aliphatic rings. The molecule has 0 aliphatic carbocycles. The number of nitrogens with zero attached hydrogens (tertiary/aromatic N) is 2. The standard InChI is InChI=1S/C21H22FN3O2/c22-16-7-1-3-9-18(16)25-14-15(13-20(25)26)21(27)23-17-8-2-4-10-19(17)24-11-5-6-12-24/h1-4,7-10,15H,5-6,11-14H2,(H,23,27)/t15-/m1/s1. The van der Waals surface area contributed by atoms with Crippen molar-refractivity contribution in [3.8, 4) is 0 Å². The minimum Gasteiger partial charge on any atom is -0.370 e. The predicted molar refractivity (Wildman–Crippen MR) is 103 cm³/mol.